The molecule has 0 unspecified atom stereocenters. The molecular formula is C25H27FN4O2. The smallest absolute Gasteiger partial charge is 0.254 e. The van der Waals surface area contributed by atoms with Gasteiger partial charge in [-0.1, -0.05) is 48.5 Å². The predicted molar refractivity (Wildman–Crippen MR) is 125 cm³/mol. The minimum atomic E-state index is -1.07. The number of halogens is 1. The Morgan fingerprint density at radius 1 is 1.06 bits per heavy atom. The molecule has 0 aliphatic heterocycles. The summed E-state index contributed by atoms with van der Waals surface area (Å²) in [6, 6.07) is 19.5. The number of nitrogens with two attached hydrogens (primary N) is 1. The number of amidine groups is 1. The largest absolute Gasteiger partial charge is 0.384 e. The molecule has 0 spiro atoms. The molecule has 3 aromatic rings. The highest BCUT2D eigenvalue weighted by molar-refractivity contribution is 5.94. The van der Waals surface area contributed by atoms with E-state index in [1.165, 1.54) is 13.2 Å². The lowest BCUT2D eigenvalue weighted by Crippen LogP contribution is -2.30. The SMILES string of the molecule is CO[C@H](C(=O)NCc1ccc(C(=N)N)cc1)c1ccc(-c2ccc(N(C)C)cc2)cc1F. The Balaban J connectivity index is 1.71. The zero-order valence-electron chi connectivity index (χ0n) is 18.4. The summed E-state index contributed by atoms with van der Waals surface area (Å²) in [6.07, 6.45) is -1.07. The van der Waals surface area contributed by atoms with Crippen LogP contribution >= 0.6 is 0 Å². The van der Waals surface area contributed by atoms with Crippen LogP contribution in [0.5, 0.6) is 0 Å². The number of hydrogen-bond acceptors (Lipinski definition) is 4. The first kappa shape index (κ1) is 23.0. The van der Waals surface area contributed by atoms with E-state index < -0.39 is 17.8 Å². The lowest BCUT2D eigenvalue weighted by Gasteiger charge is -2.17. The van der Waals surface area contributed by atoms with Crippen molar-refractivity contribution in [2.45, 2.75) is 12.6 Å². The van der Waals surface area contributed by atoms with Gasteiger partial charge in [-0.05, 0) is 34.9 Å². The van der Waals surface area contributed by atoms with Crippen molar-refractivity contribution >= 4 is 17.4 Å². The number of amides is 1. The molecule has 0 fully saturated rings. The standard InChI is InChI=1S/C25H27FN4O2/c1-30(2)20-11-8-17(9-12-20)19-10-13-21(22(26)14-19)23(32-3)25(31)29-15-16-4-6-18(7-5-16)24(27)28/h4-14,23H,15H2,1-3H3,(H3,27,28)(H,29,31)/t23-/m0/s1. The molecule has 32 heavy (non-hydrogen) atoms. The normalized spacial score (nSPS) is 11.6. The van der Waals surface area contributed by atoms with Crippen LogP contribution in [-0.4, -0.2) is 32.9 Å². The van der Waals surface area contributed by atoms with Crippen molar-refractivity contribution in [1.29, 1.82) is 5.41 Å². The third-order valence-electron chi connectivity index (χ3n) is 5.21. The van der Waals surface area contributed by atoms with Gasteiger partial charge in [0.15, 0.2) is 6.10 Å². The van der Waals surface area contributed by atoms with Gasteiger partial charge in [0.25, 0.3) is 5.91 Å². The Kier molecular flexibility index (Phi) is 7.22. The van der Waals surface area contributed by atoms with Crippen molar-refractivity contribution in [3.8, 4) is 11.1 Å². The van der Waals surface area contributed by atoms with Crippen LogP contribution in [0.4, 0.5) is 10.1 Å². The highest BCUT2D eigenvalue weighted by Crippen LogP contribution is 2.28. The monoisotopic (exact) mass is 434 g/mol. The number of benzene rings is 3. The molecule has 0 heterocycles. The third kappa shape index (κ3) is 5.31. The van der Waals surface area contributed by atoms with E-state index in [-0.39, 0.29) is 17.9 Å². The molecule has 7 heteroatoms. The molecule has 3 aromatic carbocycles. The predicted octanol–water partition coefficient (Wildman–Crippen LogP) is 3.85. The minimum Gasteiger partial charge on any atom is -0.384 e. The maximum atomic E-state index is 14.9. The van der Waals surface area contributed by atoms with Crippen molar-refractivity contribution in [3.63, 3.8) is 0 Å². The first-order chi connectivity index (χ1) is 15.3. The Hall–Kier alpha value is -3.71. The topological polar surface area (TPSA) is 91.4 Å². The first-order valence-electron chi connectivity index (χ1n) is 10.1. The number of nitrogen functional groups attached to an aromatic ring is 1. The van der Waals surface area contributed by atoms with E-state index in [0.717, 1.165) is 22.4 Å². The van der Waals surface area contributed by atoms with Gasteiger partial charge >= 0.3 is 0 Å². The summed E-state index contributed by atoms with van der Waals surface area (Å²) in [5.41, 5.74) is 9.71. The number of nitrogens with one attached hydrogen (secondary N) is 2. The summed E-state index contributed by atoms with van der Waals surface area (Å²) in [4.78, 5) is 14.7. The molecule has 0 bridgehead atoms. The first-order valence-corrected chi connectivity index (χ1v) is 10.1. The van der Waals surface area contributed by atoms with Crippen molar-refractivity contribution in [3.05, 3.63) is 89.2 Å². The molecule has 6 nitrogen and oxygen atoms in total. The zero-order chi connectivity index (χ0) is 23.3. The van der Waals surface area contributed by atoms with E-state index in [1.807, 2.05) is 43.3 Å². The van der Waals surface area contributed by atoms with Gasteiger partial charge < -0.3 is 20.7 Å². The van der Waals surface area contributed by atoms with E-state index in [1.54, 1.807) is 36.4 Å². The molecular weight excluding hydrogens is 407 g/mol. The highest BCUT2D eigenvalue weighted by atomic mass is 19.1. The minimum absolute atomic E-state index is 0.0207. The lowest BCUT2D eigenvalue weighted by molar-refractivity contribution is -0.131. The Labute approximate surface area is 187 Å². The second-order valence-corrected chi connectivity index (χ2v) is 7.62. The molecule has 4 N–H and O–H groups in total. The van der Waals surface area contributed by atoms with Crippen molar-refractivity contribution < 1.29 is 13.9 Å². The molecule has 0 aromatic heterocycles. The quantitative estimate of drug-likeness (QED) is 0.371. The molecule has 0 saturated heterocycles. The van der Waals surface area contributed by atoms with Crippen molar-refractivity contribution in [2.24, 2.45) is 5.73 Å². The molecule has 0 aliphatic rings. The number of hydrogen-bond donors (Lipinski definition) is 3. The van der Waals surface area contributed by atoms with Gasteiger partial charge in [-0.15, -0.1) is 0 Å². The molecule has 0 aliphatic carbocycles. The number of anilines is 1. The summed E-state index contributed by atoms with van der Waals surface area (Å²) in [5, 5.41) is 10.2. The van der Waals surface area contributed by atoms with Crippen LogP contribution in [0, 0.1) is 11.2 Å². The Morgan fingerprint density at radius 3 is 2.22 bits per heavy atom. The molecule has 0 radical (unpaired) electrons. The zero-order valence-corrected chi connectivity index (χ0v) is 18.4. The average molecular weight is 435 g/mol. The van der Waals surface area contributed by atoms with E-state index >= 15 is 0 Å². The van der Waals surface area contributed by atoms with Gasteiger partial charge in [0.05, 0.1) is 0 Å². The number of ether oxygens (including phenoxy) is 1. The third-order valence-corrected chi connectivity index (χ3v) is 5.21. The molecule has 166 valence electrons. The second kappa shape index (κ2) is 10.1. The molecule has 1 amide bonds. The fourth-order valence-corrected chi connectivity index (χ4v) is 3.33. The van der Waals surface area contributed by atoms with Gasteiger partial charge in [-0.3, -0.25) is 10.2 Å². The maximum Gasteiger partial charge on any atom is 0.254 e. The van der Waals surface area contributed by atoms with Gasteiger partial charge in [0, 0.05) is 44.6 Å². The van der Waals surface area contributed by atoms with Crippen molar-refractivity contribution in [1.82, 2.24) is 5.32 Å². The molecule has 1 atom stereocenters. The van der Waals surface area contributed by atoms with Crippen LogP contribution in [-0.2, 0) is 16.1 Å². The summed E-state index contributed by atoms with van der Waals surface area (Å²) in [6.45, 7) is 0.245. The Morgan fingerprint density at radius 2 is 1.69 bits per heavy atom. The van der Waals surface area contributed by atoms with Crippen molar-refractivity contribution in [2.75, 3.05) is 26.1 Å². The van der Waals surface area contributed by atoms with Crippen LogP contribution in [0.1, 0.15) is 22.8 Å². The van der Waals surface area contributed by atoms with Gasteiger partial charge in [-0.25, -0.2) is 4.39 Å². The molecule has 3 rings (SSSR count). The van der Waals surface area contributed by atoms with Crippen LogP contribution in [0.25, 0.3) is 11.1 Å². The van der Waals surface area contributed by atoms with Gasteiger partial charge in [0.2, 0.25) is 0 Å². The lowest BCUT2D eigenvalue weighted by atomic mass is 10.0. The number of nitrogens with zero attached hydrogens (tertiary/aromatic N) is 1. The van der Waals surface area contributed by atoms with Gasteiger partial charge in [-0.2, -0.15) is 0 Å². The highest BCUT2D eigenvalue weighted by Gasteiger charge is 2.23. The summed E-state index contributed by atoms with van der Waals surface area (Å²) >= 11 is 0. The summed E-state index contributed by atoms with van der Waals surface area (Å²) < 4.78 is 20.2. The fourth-order valence-electron chi connectivity index (χ4n) is 3.33. The number of rotatable bonds is 8. The summed E-state index contributed by atoms with van der Waals surface area (Å²) in [7, 11) is 5.29. The number of carbonyl (C=O) groups is 1. The second-order valence-electron chi connectivity index (χ2n) is 7.62. The summed E-state index contributed by atoms with van der Waals surface area (Å²) in [5.74, 6) is -0.968. The fraction of sp³-hybridized carbons (Fsp3) is 0.200. The van der Waals surface area contributed by atoms with Crippen LogP contribution in [0.15, 0.2) is 66.7 Å². The van der Waals surface area contributed by atoms with E-state index in [4.69, 9.17) is 15.9 Å². The maximum absolute atomic E-state index is 14.9. The van der Waals surface area contributed by atoms with E-state index in [9.17, 15) is 9.18 Å². The van der Waals surface area contributed by atoms with E-state index in [2.05, 4.69) is 5.32 Å². The van der Waals surface area contributed by atoms with Crippen LogP contribution in [0.2, 0.25) is 0 Å². The Bertz CT molecular complexity index is 1100. The number of carbonyl (C=O) groups excluding carboxylic acids is 1. The molecule has 0 saturated carbocycles. The van der Waals surface area contributed by atoms with E-state index in [0.29, 0.717) is 5.56 Å². The van der Waals surface area contributed by atoms with Gasteiger partial charge in [0.1, 0.15) is 11.7 Å². The number of methoxy groups -OCH3 is 1. The van der Waals surface area contributed by atoms with Crippen LogP contribution in [0.3, 0.4) is 0 Å². The van der Waals surface area contributed by atoms with Crippen LogP contribution < -0.4 is 16.0 Å². The average Bonchev–Trinajstić information content (AvgIpc) is 2.79.